The van der Waals surface area contributed by atoms with Gasteiger partial charge in [-0.25, -0.2) is 9.78 Å². The van der Waals surface area contributed by atoms with Crippen molar-refractivity contribution in [2.24, 2.45) is 0 Å². The molecule has 0 radical (unpaired) electrons. The number of hydrogen-bond donors (Lipinski definition) is 4. The monoisotopic (exact) mass is 367 g/mol. The molecule has 3 unspecified atom stereocenters. The molecule has 142 valence electrons. The maximum absolute atomic E-state index is 12.2. The van der Waals surface area contributed by atoms with Crippen molar-refractivity contribution in [1.82, 2.24) is 19.9 Å². The number of aromatic amines is 1. The van der Waals surface area contributed by atoms with Crippen molar-refractivity contribution in [3.8, 4) is 0 Å². The highest BCUT2D eigenvalue weighted by Gasteiger charge is 2.29. The summed E-state index contributed by atoms with van der Waals surface area (Å²) in [4.78, 5) is 19.2. The number of nitrogen functional groups attached to an aromatic ring is 1. The number of imidazole rings is 1. The Kier molecular flexibility index (Phi) is 4.72. The van der Waals surface area contributed by atoms with Gasteiger partial charge >= 0.3 is 5.69 Å². The van der Waals surface area contributed by atoms with Crippen LogP contribution in [0, 0.1) is 0 Å². The number of rotatable bonds is 5. The number of pyridine rings is 1. The standard InChI is InChI=1S/C20H25N5O2/c1-12(7-8-13-4-3-10-22-19(13)21)23-16-9-11-25-17-14(18(16)26)5-2-6-15(17)24-20(25)27/h2-6,10,12,16,18,23,26H,7-9,11H2,1H3,(H2,21,22)(H,24,27). The van der Waals surface area contributed by atoms with Crippen LogP contribution in [0.1, 0.15) is 37.0 Å². The van der Waals surface area contributed by atoms with Gasteiger partial charge in [-0.3, -0.25) is 4.57 Å². The average Bonchev–Trinajstić information content (AvgIpc) is 2.91. The summed E-state index contributed by atoms with van der Waals surface area (Å²) in [5, 5.41) is 14.5. The van der Waals surface area contributed by atoms with Crippen LogP contribution in [-0.2, 0) is 13.0 Å². The van der Waals surface area contributed by atoms with Gasteiger partial charge in [-0.05, 0) is 43.9 Å². The van der Waals surface area contributed by atoms with Crippen LogP contribution in [0.25, 0.3) is 11.0 Å². The Morgan fingerprint density at radius 1 is 1.41 bits per heavy atom. The Labute approximate surface area is 157 Å². The quantitative estimate of drug-likeness (QED) is 0.549. The second-order valence-corrected chi connectivity index (χ2v) is 7.32. The summed E-state index contributed by atoms with van der Waals surface area (Å²) in [6.07, 6.45) is 3.42. The maximum Gasteiger partial charge on any atom is 0.326 e. The fraction of sp³-hybridized carbons (Fsp3) is 0.400. The molecule has 3 atom stereocenters. The van der Waals surface area contributed by atoms with Crippen molar-refractivity contribution in [2.45, 2.75) is 50.9 Å². The molecule has 1 aromatic carbocycles. The number of anilines is 1. The van der Waals surface area contributed by atoms with Crippen molar-refractivity contribution < 1.29 is 5.11 Å². The lowest BCUT2D eigenvalue weighted by atomic mass is 9.98. The molecular weight excluding hydrogens is 342 g/mol. The Morgan fingerprint density at radius 3 is 3.07 bits per heavy atom. The predicted octanol–water partition coefficient (Wildman–Crippen LogP) is 1.72. The SMILES string of the molecule is CC(CCc1cccnc1N)NC1CCn2c(=O)[nH]c3cccc(c32)C1O. The largest absolute Gasteiger partial charge is 0.387 e. The Bertz CT molecular complexity index is 1010. The lowest BCUT2D eigenvalue weighted by Gasteiger charge is -2.26. The zero-order chi connectivity index (χ0) is 19.0. The van der Waals surface area contributed by atoms with Gasteiger partial charge in [0.25, 0.3) is 0 Å². The van der Waals surface area contributed by atoms with Gasteiger partial charge in [0.05, 0.1) is 17.1 Å². The van der Waals surface area contributed by atoms with E-state index in [-0.39, 0.29) is 17.8 Å². The lowest BCUT2D eigenvalue weighted by Crippen LogP contribution is -2.41. The molecule has 3 aromatic rings. The fourth-order valence-corrected chi connectivity index (χ4v) is 4.00. The zero-order valence-corrected chi connectivity index (χ0v) is 15.4. The minimum Gasteiger partial charge on any atom is -0.387 e. The van der Waals surface area contributed by atoms with Crippen molar-refractivity contribution in [1.29, 1.82) is 0 Å². The highest BCUT2D eigenvalue weighted by atomic mass is 16.3. The van der Waals surface area contributed by atoms with Crippen LogP contribution in [0.3, 0.4) is 0 Å². The average molecular weight is 367 g/mol. The molecular formula is C20H25N5O2. The predicted molar refractivity (Wildman–Crippen MR) is 105 cm³/mol. The van der Waals surface area contributed by atoms with E-state index in [1.54, 1.807) is 10.8 Å². The van der Waals surface area contributed by atoms with Crippen molar-refractivity contribution >= 4 is 16.9 Å². The van der Waals surface area contributed by atoms with E-state index in [4.69, 9.17) is 5.73 Å². The van der Waals surface area contributed by atoms with Gasteiger partial charge < -0.3 is 21.1 Å². The summed E-state index contributed by atoms with van der Waals surface area (Å²) in [7, 11) is 0. The number of aromatic nitrogens is 3. The maximum atomic E-state index is 12.2. The molecule has 0 fully saturated rings. The van der Waals surface area contributed by atoms with Crippen LogP contribution in [0.4, 0.5) is 5.82 Å². The molecule has 7 heteroatoms. The summed E-state index contributed by atoms with van der Waals surface area (Å²) < 4.78 is 1.73. The van der Waals surface area contributed by atoms with E-state index >= 15 is 0 Å². The van der Waals surface area contributed by atoms with Crippen LogP contribution < -0.4 is 16.7 Å². The summed E-state index contributed by atoms with van der Waals surface area (Å²) in [5.41, 5.74) is 9.23. The summed E-state index contributed by atoms with van der Waals surface area (Å²) >= 11 is 0. The summed E-state index contributed by atoms with van der Waals surface area (Å²) in [6, 6.07) is 9.62. The van der Waals surface area contributed by atoms with E-state index in [1.165, 1.54) is 0 Å². The number of nitrogens with zero attached hydrogens (tertiary/aromatic N) is 2. The highest BCUT2D eigenvalue weighted by molar-refractivity contribution is 5.79. The molecule has 4 rings (SSSR count). The Hall–Kier alpha value is -2.64. The fourth-order valence-electron chi connectivity index (χ4n) is 4.00. The Balaban J connectivity index is 1.48. The molecule has 5 N–H and O–H groups in total. The number of para-hydroxylation sites is 1. The van der Waals surface area contributed by atoms with Gasteiger partial charge in [0.1, 0.15) is 5.82 Å². The molecule has 0 aliphatic carbocycles. The third kappa shape index (κ3) is 3.36. The molecule has 0 bridgehead atoms. The number of H-pyrrole nitrogens is 1. The van der Waals surface area contributed by atoms with E-state index in [9.17, 15) is 9.90 Å². The van der Waals surface area contributed by atoms with Crippen molar-refractivity contribution in [3.05, 3.63) is 58.1 Å². The third-order valence-corrected chi connectivity index (χ3v) is 5.46. The summed E-state index contributed by atoms with van der Waals surface area (Å²) in [5.74, 6) is 0.574. The first kappa shape index (κ1) is 17.8. The molecule has 0 amide bonds. The van der Waals surface area contributed by atoms with E-state index in [1.807, 2.05) is 30.3 Å². The van der Waals surface area contributed by atoms with Crippen LogP contribution in [0.15, 0.2) is 41.3 Å². The molecule has 0 saturated carbocycles. The molecule has 0 saturated heterocycles. The number of benzene rings is 1. The van der Waals surface area contributed by atoms with E-state index < -0.39 is 6.10 Å². The minimum absolute atomic E-state index is 0.115. The number of nitrogens with one attached hydrogen (secondary N) is 2. The van der Waals surface area contributed by atoms with Gasteiger partial charge in [0.2, 0.25) is 0 Å². The normalized spacial score (nSPS) is 20.5. The smallest absolute Gasteiger partial charge is 0.326 e. The van der Waals surface area contributed by atoms with E-state index in [2.05, 4.69) is 22.2 Å². The zero-order valence-electron chi connectivity index (χ0n) is 15.4. The number of aryl methyl sites for hydroxylation is 2. The molecule has 3 heterocycles. The Morgan fingerprint density at radius 2 is 2.26 bits per heavy atom. The van der Waals surface area contributed by atoms with Gasteiger partial charge in [0.15, 0.2) is 0 Å². The highest BCUT2D eigenvalue weighted by Crippen LogP contribution is 2.30. The van der Waals surface area contributed by atoms with Gasteiger partial charge in [0, 0.05) is 30.4 Å². The molecule has 1 aliphatic rings. The second-order valence-electron chi connectivity index (χ2n) is 7.32. The van der Waals surface area contributed by atoms with Crippen LogP contribution in [-0.4, -0.2) is 31.7 Å². The van der Waals surface area contributed by atoms with Crippen LogP contribution in [0.5, 0.6) is 0 Å². The third-order valence-electron chi connectivity index (χ3n) is 5.46. The molecule has 0 spiro atoms. The van der Waals surface area contributed by atoms with Gasteiger partial charge in [-0.1, -0.05) is 18.2 Å². The van der Waals surface area contributed by atoms with Gasteiger partial charge in [-0.2, -0.15) is 0 Å². The molecule has 7 nitrogen and oxygen atoms in total. The van der Waals surface area contributed by atoms with Crippen molar-refractivity contribution in [3.63, 3.8) is 0 Å². The number of aliphatic hydroxyl groups is 1. The topological polar surface area (TPSA) is 109 Å². The van der Waals surface area contributed by atoms with E-state index in [0.717, 1.165) is 35.0 Å². The van der Waals surface area contributed by atoms with E-state index in [0.29, 0.717) is 18.8 Å². The van der Waals surface area contributed by atoms with Crippen molar-refractivity contribution in [2.75, 3.05) is 5.73 Å². The first-order valence-corrected chi connectivity index (χ1v) is 9.39. The van der Waals surface area contributed by atoms with Crippen LogP contribution >= 0.6 is 0 Å². The number of nitrogens with two attached hydrogens (primary N) is 1. The summed E-state index contributed by atoms with van der Waals surface area (Å²) in [6.45, 7) is 2.69. The molecule has 1 aliphatic heterocycles. The second kappa shape index (κ2) is 7.17. The first-order valence-electron chi connectivity index (χ1n) is 9.39. The minimum atomic E-state index is -0.663. The molecule has 2 aromatic heterocycles. The van der Waals surface area contributed by atoms with Crippen LogP contribution in [0.2, 0.25) is 0 Å². The number of hydrogen-bond acceptors (Lipinski definition) is 5. The molecule has 27 heavy (non-hydrogen) atoms. The lowest BCUT2D eigenvalue weighted by molar-refractivity contribution is 0.119. The number of aliphatic hydroxyl groups excluding tert-OH is 1. The van der Waals surface area contributed by atoms with Gasteiger partial charge in [-0.15, -0.1) is 0 Å². The first-order chi connectivity index (χ1) is 13.0.